The number of carbonyl (C=O) groups excluding carboxylic acids is 1. The third-order valence-corrected chi connectivity index (χ3v) is 2.82. The Balaban J connectivity index is 2.10. The van der Waals surface area contributed by atoms with Crippen LogP contribution in [0.4, 0.5) is 10.5 Å². The van der Waals surface area contributed by atoms with Crippen molar-refractivity contribution in [1.82, 2.24) is 0 Å². The van der Waals surface area contributed by atoms with Crippen molar-refractivity contribution in [3.05, 3.63) is 29.8 Å². The van der Waals surface area contributed by atoms with Gasteiger partial charge in [-0.15, -0.1) is 0 Å². The number of carbonyl (C=O) groups is 2. The number of benzene rings is 1. The summed E-state index contributed by atoms with van der Waals surface area (Å²) in [7, 11) is 0. The Bertz CT molecular complexity index is 458. The SMILES string of the molecule is O=C(O)CCc1cccc(N2CCCOC2=O)c1. The standard InChI is InChI=1S/C13H15NO4/c15-12(16)6-5-10-3-1-4-11(9-10)14-7-2-8-18-13(14)17/h1,3-4,9H,2,5-8H2,(H,15,16). The average molecular weight is 249 g/mol. The van der Waals surface area contributed by atoms with E-state index in [1.807, 2.05) is 24.3 Å². The Kier molecular flexibility index (Phi) is 3.82. The lowest BCUT2D eigenvalue weighted by atomic mass is 10.1. The summed E-state index contributed by atoms with van der Waals surface area (Å²) in [4.78, 5) is 23.7. The van der Waals surface area contributed by atoms with E-state index in [2.05, 4.69) is 0 Å². The predicted octanol–water partition coefficient (Wildman–Crippen LogP) is 2.05. The third-order valence-electron chi connectivity index (χ3n) is 2.82. The zero-order valence-corrected chi connectivity index (χ0v) is 9.96. The fourth-order valence-corrected chi connectivity index (χ4v) is 1.92. The highest BCUT2D eigenvalue weighted by molar-refractivity contribution is 5.88. The molecule has 0 saturated carbocycles. The maximum atomic E-state index is 11.6. The minimum Gasteiger partial charge on any atom is -0.481 e. The van der Waals surface area contributed by atoms with Crippen LogP contribution in [0.3, 0.4) is 0 Å². The molecule has 1 N–H and O–H groups in total. The smallest absolute Gasteiger partial charge is 0.414 e. The van der Waals surface area contributed by atoms with E-state index in [-0.39, 0.29) is 12.5 Å². The van der Waals surface area contributed by atoms with Gasteiger partial charge in [-0.1, -0.05) is 12.1 Å². The first-order valence-corrected chi connectivity index (χ1v) is 5.92. The Morgan fingerprint density at radius 1 is 1.44 bits per heavy atom. The monoisotopic (exact) mass is 249 g/mol. The van der Waals surface area contributed by atoms with E-state index in [0.29, 0.717) is 19.6 Å². The van der Waals surface area contributed by atoms with Crippen molar-refractivity contribution >= 4 is 17.7 Å². The fourth-order valence-electron chi connectivity index (χ4n) is 1.92. The van der Waals surface area contributed by atoms with Gasteiger partial charge in [0.15, 0.2) is 0 Å². The molecular formula is C13H15NO4. The van der Waals surface area contributed by atoms with Crippen LogP contribution in [0.15, 0.2) is 24.3 Å². The normalized spacial score (nSPS) is 15.3. The van der Waals surface area contributed by atoms with Crippen molar-refractivity contribution < 1.29 is 19.4 Å². The van der Waals surface area contributed by atoms with Gasteiger partial charge in [0.05, 0.1) is 6.61 Å². The van der Waals surface area contributed by atoms with Gasteiger partial charge in [0.25, 0.3) is 0 Å². The van der Waals surface area contributed by atoms with Gasteiger partial charge in [-0.05, 0) is 30.5 Å². The van der Waals surface area contributed by atoms with Crippen molar-refractivity contribution in [2.75, 3.05) is 18.1 Å². The van der Waals surface area contributed by atoms with E-state index in [9.17, 15) is 9.59 Å². The first kappa shape index (κ1) is 12.4. The minimum absolute atomic E-state index is 0.0912. The Labute approximate surface area is 105 Å². The Hall–Kier alpha value is -2.04. The molecule has 0 radical (unpaired) electrons. The van der Waals surface area contributed by atoms with Crippen LogP contribution in [-0.2, 0) is 16.0 Å². The lowest BCUT2D eigenvalue weighted by Crippen LogP contribution is -2.37. The number of ether oxygens (including phenoxy) is 1. The second-order valence-corrected chi connectivity index (χ2v) is 4.18. The lowest BCUT2D eigenvalue weighted by Gasteiger charge is -2.26. The summed E-state index contributed by atoms with van der Waals surface area (Å²) in [5.74, 6) is -0.821. The van der Waals surface area contributed by atoms with Crippen LogP contribution in [0.2, 0.25) is 0 Å². The molecule has 0 bridgehead atoms. The summed E-state index contributed by atoms with van der Waals surface area (Å²) in [6.07, 6.45) is 1.03. The quantitative estimate of drug-likeness (QED) is 0.886. The molecule has 1 fully saturated rings. The second kappa shape index (κ2) is 5.53. The van der Waals surface area contributed by atoms with E-state index in [1.165, 1.54) is 0 Å². The Morgan fingerprint density at radius 2 is 2.28 bits per heavy atom. The largest absolute Gasteiger partial charge is 0.481 e. The Morgan fingerprint density at radius 3 is 3.00 bits per heavy atom. The first-order chi connectivity index (χ1) is 8.66. The van der Waals surface area contributed by atoms with Crippen LogP contribution in [0.1, 0.15) is 18.4 Å². The number of carboxylic acid groups (broad SMARTS) is 1. The number of hydrogen-bond donors (Lipinski definition) is 1. The number of aryl methyl sites for hydroxylation is 1. The number of rotatable bonds is 4. The maximum Gasteiger partial charge on any atom is 0.414 e. The van der Waals surface area contributed by atoms with Gasteiger partial charge >= 0.3 is 12.1 Å². The summed E-state index contributed by atoms with van der Waals surface area (Å²) >= 11 is 0. The van der Waals surface area contributed by atoms with Crippen LogP contribution in [0, 0.1) is 0 Å². The van der Waals surface area contributed by atoms with E-state index < -0.39 is 5.97 Å². The van der Waals surface area contributed by atoms with Gasteiger partial charge in [-0.3, -0.25) is 9.69 Å². The molecule has 1 saturated heterocycles. The van der Waals surface area contributed by atoms with E-state index in [0.717, 1.165) is 17.7 Å². The minimum atomic E-state index is -0.821. The van der Waals surface area contributed by atoms with E-state index >= 15 is 0 Å². The number of nitrogens with zero attached hydrogens (tertiary/aromatic N) is 1. The molecule has 1 heterocycles. The van der Waals surface area contributed by atoms with E-state index in [1.54, 1.807) is 4.90 Å². The molecule has 5 nitrogen and oxygen atoms in total. The summed E-state index contributed by atoms with van der Waals surface area (Å²) in [6.45, 7) is 1.11. The van der Waals surface area contributed by atoms with Crippen LogP contribution >= 0.6 is 0 Å². The predicted molar refractivity (Wildman–Crippen MR) is 65.7 cm³/mol. The van der Waals surface area contributed by atoms with Crippen LogP contribution in [0.25, 0.3) is 0 Å². The highest BCUT2D eigenvalue weighted by Gasteiger charge is 2.21. The molecule has 1 aliphatic rings. The summed E-state index contributed by atoms with van der Waals surface area (Å²) in [5.41, 5.74) is 1.68. The molecule has 0 aliphatic carbocycles. The van der Waals surface area contributed by atoms with Crippen molar-refractivity contribution in [3.63, 3.8) is 0 Å². The van der Waals surface area contributed by atoms with E-state index in [4.69, 9.17) is 9.84 Å². The molecule has 1 aromatic carbocycles. The number of carboxylic acids is 1. The molecule has 0 unspecified atom stereocenters. The molecule has 1 amide bonds. The molecule has 18 heavy (non-hydrogen) atoms. The highest BCUT2D eigenvalue weighted by Crippen LogP contribution is 2.20. The van der Waals surface area contributed by atoms with Crippen molar-refractivity contribution in [1.29, 1.82) is 0 Å². The van der Waals surface area contributed by atoms with Crippen molar-refractivity contribution in [2.45, 2.75) is 19.3 Å². The molecule has 1 aromatic rings. The van der Waals surface area contributed by atoms with Gasteiger partial charge in [-0.25, -0.2) is 4.79 Å². The number of cyclic esters (lactones) is 1. The zero-order valence-electron chi connectivity index (χ0n) is 9.96. The first-order valence-electron chi connectivity index (χ1n) is 5.92. The molecule has 96 valence electrons. The molecule has 0 atom stereocenters. The third kappa shape index (κ3) is 3.00. The van der Waals surface area contributed by atoms with Crippen molar-refractivity contribution in [2.24, 2.45) is 0 Å². The van der Waals surface area contributed by atoms with Gasteiger partial charge in [0.2, 0.25) is 0 Å². The van der Waals surface area contributed by atoms with Crippen LogP contribution in [-0.4, -0.2) is 30.3 Å². The van der Waals surface area contributed by atoms with Crippen LogP contribution in [0.5, 0.6) is 0 Å². The number of amides is 1. The summed E-state index contributed by atoms with van der Waals surface area (Å²) < 4.78 is 4.98. The van der Waals surface area contributed by atoms with Crippen LogP contribution < -0.4 is 4.90 Å². The van der Waals surface area contributed by atoms with Gasteiger partial charge < -0.3 is 9.84 Å². The second-order valence-electron chi connectivity index (χ2n) is 4.18. The van der Waals surface area contributed by atoms with Gasteiger partial charge in [0, 0.05) is 18.7 Å². The average Bonchev–Trinajstić information content (AvgIpc) is 2.37. The number of anilines is 1. The number of hydrogen-bond acceptors (Lipinski definition) is 3. The van der Waals surface area contributed by atoms with Gasteiger partial charge in [-0.2, -0.15) is 0 Å². The topological polar surface area (TPSA) is 66.8 Å². The number of aliphatic carboxylic acids is 1. The molecule has 1 aliphatic heterocycles. The molecule has 0 aromatic heterocycles. The van der Waals surface area contributed by atoms with Crippen molar-refractivity contribution in [3.8, 4) is 0 Å². The molecule has 5 heteroatoms. The zero-order chi connectivity index (χ0) is 13.0. The highest BCUT2D eigenvalue weighted by atomic mass is 16.6. The molecule has 0 spiro atoms. The van der Waals surface area contributed by atoms with Gasteiger partial charge in [0.1, 0.15) is 0 Å². The maximum absolute atomic E-state index is 11.6. The summed E-state index contributed by atoms with van der Waals surface area (Å²) in [6, 6.07) is 7.36. The summed E-state index contributed by atoms with van der Waals surface area (Å²) in [5, 5.41) is 8.65. The molecule has 2 rings (SSSR count). The molecular weight excluding hydrogens is 234 g/mol. The lowest BCUT2D eigenvalue weighted by molar-refractivity contribution is -0.136. The fraction of sp³-hybridized carbons (Fsp3) is 0.385.